The monoisotopic (exact) mass is 415 g/mol. The molecule has 0 bridgehead atoms. The molecule has 0 saturated heterocycles. The summed E-state index contributed by atoms with van der Waals surface area (Å²) in [5.74, 6) is 2.65. The average Bonchev–Trinajstić information content (AvgIpc) is 2.75. The number of nitrogens with zero attached hydrogens (tertiary/aromatic N) is 2. The Labute approximate surface area is 142 Å². The van der Waals surface area contributed by atoms with Crippen molar-refractivity contribution in [3.8, 4) is 11.6 Å². The Morgan fingerprint density at radius 3 is 2.57 bits per heavy atom. The van der Waals surface area contributed by atoms with E-state index in [2.05, 4.69) is 67.9 Å². The maximum absolute atomic E-state index is 5.64. The third-order valence-corrected chi connectivity index (χ3v) is 4.53. The molecule has 0 aromatic carbocycles. The second kappa shape index (κ2) is 7.40. The highest BCUT2D eigenvalue weighted by Crippen LogP contribution is 2.31. The van der Waals surface area contributed by atoms with Gasteiger partial charge in [0.2, 0.25) is 0 Å². The van der Waals surface area contributed by atoms with Gasteiger partial charge >= 0.3 is 0 Å². The van der Waals surface area contributed by atoms with Gasteiger partial charge in [0.25, 0.3) is 0 Å². The topological polar surface area (TPSA) is 51.0 Å². The van der Waals surface area contributed by atoms with Crippen molar-refractivity contribution in [2.24, 2.45) is 5.92 Å². The lowest BCUT2D eigenvalue weighted by molar-refractivity contribution is 0.548. The summed E-state index contributed by atoms with van der Waals surface area (Å²) in [5, 5.41) is 3.32. The summed E-state index contributed by atoms with van der Waals surface area (Å²) in [7, 11) is 0. The summed E-state index contributed by atoms with van der Waals surface area (Å²) in [4.78, 5) is 9.17. The summed E-state index contributed by atoms with van der Waals surface area (Å²) in [6.07, 6.45) is 1.97. The second-order valence-electron chi connectivity index (χ2n) is 5.33. The van der Waals surface area contributed by atoms with E-state index < -0.39 is 0 Å². The zero-order valence-electron chi connectivity index (χ0n) is 12.4. The van der Waals surface area contributed by atoms with Crippen LogP contribution in [-0.2, 0) is 6.42 Å². The van der Waals surface area contributed by atoms with E-state index in [0.29, 0.717) is 22.2 Å². The van der Waals surface area contributed by atoms with Crippen LogP contribution in [0, 0.1) is 5.92 Å². The molecule has 0 radical (unpaired) electrons. The van der Waals surface area contributed by atoms with Crippen LogP contribution < -0.4 is 5.32 Å². The molecule has 0 fully saturated rings. The lowest BCUT2D eigenvalue weighted by atomic mass is 10.1. The molecule has 21 heavy (non-hydrogen) atoms. The van der Waals surface area contributed by atoms with Crippen molar-refractivity contribution >= 4 is 37.7 Å². The summed E-state index contributed by atoms with van der Waals surface area (Å²) in [6, 6.07) is 3.90. The summed E-state index contributed by atoms with van der Waals surface area (Å²) in [5.41, 5.74) is 1.03. The molecule has 0 spiro atoms. The Morgan fingerprint density at radius 1 is 1.24 bits per heavy atom. The first-order chi connectivity index (χ1) is 9.99. The maximum Gasteiger partial charge on any atom is 0.197 e. The molecule has 0 amide bonds. The first-order valence-corrected chi connectivity index (χ1v) is 8.65. The number of rotatable bonds is 6. The Hall–Kier alpha value is -0.880. The highest BCUT2D eigenvalue weighted by molar-refractivity contribution is 9.13. The zero-order valence-corrected chi connectivity index (χ0v) is 15.6. The van der Waals surface area contributed by atoms with E-state index in [1.807, 2.05) is 12.1 Å². The van der Waals surface area contributed by atoms with E-state index in [1.165, 1.54) is 0 Å². The van der Waals surface area contributed by atoms with Gasteiger partial charge in [-0.15, -0.1) is 0 Å². The molecule has 2 aromatic heterocycles. The van der Waals surface area contributed by atoms with Crippen molar-refractivity contribution in [2.45, 2.75) is 33.6 Å². The van der Waals surface area contributed by atoms with Crippen LogP contribution in [0.15, 0.2) is 25.7 Å². The van der Waals surface area contributed by atoms with Crippen LogP contribution in [0.1, 0.15) is 32.9 Å². The van der Waals surface area contributed by atoms with Crippen LogP contribution in [0.4, 0.5) is 5.82 Å². The van der Waals surface area contributed by atoms with Crippen LogP contribution in [0.3, 0.4) is 0 Å². The Morgan fingerprint density at radius 2 is 2.00 bits per heavy atom. The van der Waals surface area contributed by atoms with E-state index in [-0.39, 0.29) is 0 Å². The molecular formula is C15H19Br2N3O. The smallest absolute Gasteiger partial charge is 0.197 e. The van der Waals surface area contributed by atoms with Crippen LogP contribution in [0.25, 0.3) is 11.6 Å². The van der Waals surface area contributed by atoms with Gasteiger partial charge in [0.1, 0.15) is 5.82 Å². The fourth-order valence-corrected chi connectivity index (χ4v) is 2.51. The van der Waals surface area contributed by atoms with Crippen molar-refractivity contribution in [2.75, 3.05) is 11.9 Å². The Kier molecular flexibility index (Phi) is 5.81. The van der Waals surface area contributed by atoms with Gasteiger partial charge in [-0.2, -0.15) is 0 Å². The lowest BCUT2D eigenvalue weighted by Gasteiger charge is -2.10. The van der Waals surface area contributed by atoms with Gasteiger partial charge in [0.15, 0.2) is 16.3 Å². The van der Waals surface area contributed by atoms with Crippen LogP contribution in [-0.4, -0.2) is 16.5 Å². The maximum atomic E-state index is 5.64. The van der Waals surface area contributed by atoms with Crippen molar-refractivity contribution in [3.05, 3.63) is 27.0 Å². The van der Waals surface area contributed by atoms with Crippen molar-refractivity contribution < 1.29 is 4.42 Å². The first kappa shape index (κ1) is 16.5. The molecule has 6 heteroatoms. The van der Waals surface area contributed by atoms with Crippen molar-refractivity contribution in [1.29, 1.82) is 0 Å². The van der Waals surface area contributed by atoms with Crippen LogP contribution >= 0.6 is 31.9 Å². The molecule has 0 aliphatic rings. The molecule has 0 aliphatic heterocycles. The Bertz CT molecular complexity index is 591. The highest BCUT2D eigenvalue weighted by atomic mass is 79.9. The molecule has 2 aromatic rings. The summed E-state index contributed by atoms with van der Waals surface area (Å²) in [6.45, 7) is 7.38. The number of hydrogen-bond acceptors (Lipinski definition) is 4. The van der Waals surface area contributed by atoms with Crippen LogP contribution in [0.2, 0.25) is 0 Å². The van der Waals surface area contributed by atoms with Gasteiger partial charge < -0.3 is 9.73 Å². The van der Waals surface area contributed by atoms with Crippen LogP contribution in [0.5, 0.6) is 0 Å². The van der Waals surface area contributed by atoms with E-state index in [1.54, 1.807) is 0 Å². The number of halogens is 2. The predicted molar refractivity (Wildman–Crippen MR) is 92.5 cm³/mol. The zero-order chi connectivity index (χ0) is 15.4. The molecule has 2 heterocycles. The minimum Gasteiger partial charge on any atom is -0.445 e. The van der Waals surface area contributed by atoms with E-state index in [9.17, 15) is 0 Å². The SMILES string of the molecule is CCCNc1cc(CC(C)C)nc(-c2cc(Br)c(Br)o2)n1. The minimum absolute atomic E-state index is 0.543. The third kappa shape index (κ3) is 4.54. The molecule has 0 atom stereocenters. The quantitative estimate of drug-likeness (QED) is 0.695. The molecule has 0 aliphatic carbocycles. The molecular weight excluding hydrogens is 398 g/mol. The number of nitrogens with one attached hydrogen (secondary N) is 1. The fourth-order valence-electron chi connectivity index (χ4n) is 1.93. The first-order valence-electron chi connectivity index (χ1n) is 7.06. The van der Waals surface area contributed by atoms with Gasteiger partial charge in [-0.25, -0.2) is 9.97 Å². The van der Waals surface area contributed by atoms with Crippen molar-refractivity contribution in [3.63, 3.8) is 0 Å². The predicted octanol–water partition coefficient (Wildman–Crippen LogP) is 5.28. The van der Waals surface area contributed by atoms with E-state index in [4.69, 9.17) is 4.42 Å². The van der Waals surface area contributed by atoms with Gasteiger partial charge in [-0.3, -0.25) is 0 Å². The number of furan rings is 1. The standard InChI is InChI=1S/C15H19Br2N3O/c1-4-5-18-13-7-10(6-9(2)3)19-15(20-13)12-8-11(16)14(17)21-12/h7-9H,4-6H2,1-3H3,(H,18,19,20). The third-order valence-electron chi connectivity index (χ3n) is 2.82. The molecule has 0 saturated carbocycles. The minimum atomic E-state index is 0.543. The number of hydrogen-bond donors (Lipinski definition) is 1. The summed E-state index contributed by atoms with van der Waals surface area (Å²) < 4.78 is 7.15. The van der Waals surface area contributed by atoms with E-state index in [0.717, 1.165) is 35.4 Å². The molecule has 2 rings (SSSR count). The molecule has 1 N–H and O–H groups in total. The second-order valence-corrected chi connectivity index (χ2v) is 6.90. The van der Waals surface area contributed by atoms with Gasteiger partial charge in [0.05, 0.1) is 4.47 Å². The summed E-state index contributed by atoms with van der Waals surface area (Å²) >= 11 is 6.77. The van der Waals surface area contributed by atoms with Gasteiger partial charge in [-0.1, -0.05) is 20.8 Å². The van der Waals surface area contributed by atoms with Gasteiger partial charge in [0, 0.05) is 24.4 Å². The highest BCUT2D eigenvalue weighted by Gasteiger charge is 2.14. The molecule has 0 unspecified atom stereocenters. The Balaban J connectivity index is 2.38. The fraction of sp³-hybridized carbons (Fsp3) is 0.467. The lowest BCUT2D eigenvalue weighted by Crippen LogP contribution is -2.06. The average molecular weight is 417 g/mol. The van der Waals surface area contributed by atoms with Crippen molar-refractivity contribution in [1.82, 2.24) is 9.97 Å². The number of anilines is 1. The number of aromatic nitrogens is 2. The normalized spacial score (nSPS) is 11.1. The largest absolute Gasteiger partial charge is 0.445 e. The molecule has 4 nitrogen and oxygen atoms in total. The van der Waals surface area contributed by atoms with Gasteiger partial charge in [-0.05, 0) is 50.6 Å². The van der Waals surface area contributed by atoms with E-state index >= 15 is 0 Å². The molecule has 114 valence electrons.